The van der Waals surface area contributed by atoms with Crippen molar-refractivity contribution in [2.75, 3.05) is 0 Å². The van der Waals surface area contributed by atoms with Crippen LogP contribution in [-0.2, 0) is 11.3 Å². The molecule has 0 N–H and O–H groups in total. The predicted octanol–water partition coefficient (Wildman–Crippen LogP) is 2.76. The minimum Gasteiger partial charge on any atom is -0.371 e. The summed E-state index contributed by atoms with van der Waals surface area (Å²) in [5, 5.41) is 2.91. The third-order valence-corrected chi connectivity index (χ3v) is 5.34. The molecule has 0 aliphatic carbocycles. The maximum atomic E-state index is 5.94. The predicted molar refractivity (Wildman–Crippen MR) is 95.3 cm³/mol. The molecule has 0 atom stereocenters. The number of rotatable bonds is 5. The van der Waals surface area contributed by atoms with Gasteiger partial charge in [-0.2, -0.15) is 0 Å². The highest BCUT2D eigenvalue weighted by Crippen LogP contribution is 2.10. The lowest BCUT2D eigenvalue weighted by molar-refractivity contribution is -0.0146. The second-order valence-electron chi connectivity index (χ2n) is 6.29. The van der Waals surface area contributed by atoms with E-state index in [4.69, 9.17) is 4.74 Å². The van der Waals surface area contributed by atoms with Crippen LogP contribution in [0.5, 0.6) is 0 Å². The number of ether oxygens (including phenoxy) is 1. The second kappa shape index (κ2) is 6.88. The van der Waals surface area contributed by atoms with Crippen molar-refractivity contribution in [3.8, 4) is 0 Å². The van der Waals surface area contributed by atoms with Gasteiger partial charge in [-0.15, -0.1) is 0 Å². The SMILES string of the molecule is C=Cc1ccc([SiH2]c2ccccc2COC(C)(C)C)cc1. The zero-order valence-corrected chi connectivity index (χ0v) is 14.6. The highest BCUT2D eigenvalue weighted by Gasteiger charge is 2.12. The summed E-state index contributed by atoms with van der Waals surface area (Å²) in [4.78, 5) is 0. The van der Waals surface area contributed by atoms with Gasteiger partial charge in [0, 0.05) is 0 Å². The third-order valence-electron chi connectivity index (χ3n) is 3.39. The molecule has 0 radical (unpaired) electrons. The Morgan fingerprint density at radius 2 is 1.71 bits per heavy atom. The van der Waals surface area contributed by atoms with Gasteiger partial charge >= 0.3 is 0 Å². The first-order chi connectivity index (χ1) is 9.98. The fraction of sp³-hybridized carbons (Fsp3) is 0.263. The second-order valence-corrected chi connectivity index (χ2v) is 8.22. The number of hydrogen-bond acceptors (Lipinski definition) is 1. The average molecular weight is 296 g/mol. The molecule has 0 spiro atoms. The zero-order valence-electron chi connectivity index (χ0n) is 13.2. The van der Waals surface area contributed by atoms with Crippen LogP contribution in [0.15, 0.2) is 55.1 Å². The van der Waals surface area contributed by atoms with Gasteiger partial charge in [0.25, 0.3) is 0 Å². The van der Waals surface area contributed by atoms with Crippen LogP contribution < -0.4 is 10.4 Å². The molecule has 0 heterocycles. The topological polar surface area (TPSA) is 9.23 Å². The van der Waals surface area contributed by atoms with Crippen molar-refractivity contribution in [3.05, 3.63) is 66.2 Å². The van der Waals surface area contributed by atoms with Gasteiger partial charge in [0.1, 0.15) is 0 Å². The summed E-state index contributed by atoms with van der Waals surface area (Å²) in [6.45, 7) is 10.8. The van der Waals surface area contributed by atoms with Crippen LogP contribution in [-0.4, -0.2) is 15.1 Å². The summed E-state index contributed by atoms with van der Waals surface area (Å²) in [6, 6.07) is 17.4. The lowest BCUT2D eigenvalue weighted by Gasteiger charge is -2.20. The molecule has 2 rings (SSSR count). The Labute approximate surface area is 130 Å². The van der Waals surface area contributed by atoms with Crippen LogP contribution in [0.1, 0.15) is 31.9 Å². The molecule has 0 aliphatic rings. The van der Waals surface area contributed by atoms with Gasteiger partial charge < -0.3 is 4.74 Å². The van der Waals surface area contributed by atoms with Crippen LogP contribution >= 0.6 is 0 Å². The Kier molecular flexibility index (Phi) is 5.15. The molecule has 1 nitrogen and oxygen atoms in total. The van der Waals surface area contributed by atoms with Crippen LogP contribution in [0.25, 0.3) is 6.08 Å². The molecule has 2 aromatic rings. The molecule has 0 aromatic heterocycles. The smallest absolute Gasteiger partial charge is 0.0879 e. The van der Waals surface area contributed by atoms with Crippen molar-refractivity contribution in [2.24, 2.45) is 0 Å². The fourth-order valence-corrected chi connectivity index (χ4v) is 3.77. The van der Waals surface area contributed by atoms with E-state index < -0.39 is 9.52 Å². The van der Waals surface area contributed by atoms with Crippen LogP contribution in [0.3, 0.4) is 0 Å². The highest BCUT2D eigenvalue weighted by atomic mass is 28.2. The molecular formula is C19H24OSi. The Morgan fingerprint density at radius 3 is 2.33 bits per heavy atom. The normalized spacial score (nSPS) is 12.0. The molecule has 0 saturated carbocycles. The van der Waals surface area contributed by atoms with E-state index in [9.17, 15) is 0 Å². The maximum absolute atomic E-state index is 5.94. The summed E-state index contributed by atoms with van der Waals surface area (Å²) in [5.74, 6) is 0. The van der Waals surface area contributed by atoms with E-state index in [1.807, 2.05) is 6.08 Å². The van der Waals surface area contributed by atoms with E-state index in [1.54, 1.807) is 0 Å². The molecule has 2 heteroatoms. The maximum Gasteiger partial charge on any atom is 0.0879 e. The number of benzene rings is 2. The average Bonchev–Trinajstić information content (AvgIpc) is 2.46. The highest BCUT2D eigenvalue weighted by molar-refractivity contribution is 6.67. The van der Waals surface area contributed by atoms with Gasteiger partial charge in [-0.3, -0.25) is 0 Å². The van der Waals surface area contributed by atoms with Crippen molar-refractivity contribution >= 4 is 26.0 Å². The lowest BCUT2D eigenvalue weighted by Crippen LogP contribution is -2.31. The first kappa shape index (κ1) is 15.7. The summed E-state index contributed by atoms with van der Waals surface area (Å²) in [5.41, 5.74) is 2.41. The molecule has 0 amide bonds. The monoisotopic (exact) mass is 296 g/mol. The van der Waals surface area contributed by atoms with E-state index in [1.165, 1.54) is 21.5 Å². The minimum absolute atomic E-state index is 0.0969. The van der Waals surface area contributed by atoms with Crippen molar-refractivity contribution in [1.29, 1.82) is 0 Å². The standard InChI is InChI=1S/C19H24OSi/c1-5-15-10-12-17(13-11-15)21-18-9-7-6-8-16(18)14-20-19(2,3)4/h5-13H,1,14,21H2,2-4H3. The molecule has 0 saturated heterocycles. The van der Waals surface area contributed by atoms with Gasteiger partial charge in [0.15, 0.2) is 0 Å². The number of hydrogen-bond donors (Lipinski definition) is 0. The molecular weight excluding hydrogens is 272 g/mol. The van der Waals surface area contributed by atoms with Crippen LogP contribution in [0, 0.1) is 0 Å². The van der Waals surface area contributed by atoms with Gasteiger partial charge in [0.05, 0.1) is 21.7 Å². The van der Waals surface area contributed by atoms with Crippen LogP contribution in [0.4, 0.5) is 0 Å². The van der Waals surface area contributed by atoms with Crippen molar-refractivity contribution in [1.82, 2.24) is 0 Å². The molecule has 0 unspecified atom stereocenters. The molecule has 0 aliphatic heterocycles. The van der Waals surface area contributed by atoms with Gasteiger partial charge in [-0.25, -0.2) is 0 Å². The van der Waals surface area contributed by atoms with E-state index in [0.717, 1.165) is 0 Å². The molecule has 0 fully saturated rings. The Bertz CT molecular complexity index is 594. The molecule has 0 bridgehead atoms. The van der Waals surface area contributed by atoms with Crippen molar-refractivity contribution in [2.45, 2.75) is 33.0 Å². The van der Waals surface area contributed by atoms with Gasteiger partial charge in [-0.1, -0.05) is 71.6 Å². The summed E-state index contributed by atoms with van der Waals surface area (Å²) in [7, 11) is -0.465. The largest absolute Gasteiger partial charge is 0.371 e. The Morgan fingerprint density at radius 1 is 1.05 bits per heavy atom. The van der Waals surface area contributed by atoms with E-state index >= 15 is 0 Å². The molecule has 21 heavy (non-hydrogen) atoms. The lowest BCUT2D eigenvalue weighted by atomic mass is 10.2. The van der Waals surface area contributed by atoms with Gasteiger partial charge in [-0.05, 0) is 31.9 Å². The zero-order chi connectivity index (χ0) is 15.3. The Balaban J connectivity index is 2.13. The van der Waals surface area contributed by atoms with E-state index in [-0.39, 0.29) is 5.60 Å². The van der Waals surface area contributed by atoms with E-state index in [0.29, 0.717) is 6.61 Å². The van der Waals surface area contributed by atoms with Crippen LogP contribution in [0.2, 0.25) is 0 Å². The first-order valence-corrected chi connectivity index (χ1v) is 8.81. The summed E-state index contributed by atoms with van der Waals surface area (Å²) >= 11 is 0. The summed E-state index contributed by atoms with van der Waals surface area (Å²) in [6.07, 6.45) is 1.89. The summed E-state index contributed by atoms with van der Waals surface area (Å²) < 4.78 is 5.94. The minimum atomic E-state index is -0.465. The molecule has 2 aromatic carbocycles. The Hall–Kier alpha value is -1.64. The first-order valence-electron chi connectivity index (χ1n) is 7.40. The molecule has 110 valence electrons. The van der Waals surface area contributed by atoms with Crippen molar-refractivity contribution in [3.63, 3.8) is 0 Å². The van der Waals surface area contributed by atoms with Crippen molar-refractivity contribution < 1.29 is 4.74 Å². The van der Waals surface area contributed by atoms with Gasteiger partial charge in [0.2, 0.25) is 0 Å². The third kappa shape index (κ3) is 4.99. The quantitative estimate of drug-likeness (QED) is 0.771. The van der Waals surface area contributed by atoms with E-state index in [2.05, 4.69) is 75.9 Å². The fourth-order valence-electron chi connectivity index (χ4n) is 2.16.